The van der Waals surface area contributed by atoms with Crippen LogP contribution in [0.1, 0.15) is 16.7 Å². The Labute approximate surface area is 240 Å². The van der Waals surface area contributed by atoms with Crippen molar-refractivity contribution in [2.24, 2.45) is 0 Å². The average molecular weight is 560 g/mol. The van der Waals surface area contributed by atoms with Gasteiger partial charge in [-0.25, -0.2) is 4.79 Å². The monoisotopic (exact) mass is 559 g/mol. The van der Waals surface area contributed by atoms with Crippen molar-refractivity contribution < 1.29 is 24.3 Å². The fourth-order valence-corrected chi connectivity index (χ4v) is 4.24. The smallest absolute Gasteiger partial charge is 0.405 e. The first-order valence-electron chi connectivity index (χ1n) is 13.5. The predicted molar refractivity (Wildman–Crippen MR) is 158 cm³/mol. The average Bonchev–Trinajstić information content (AvgIpc) is 2.97. The van der Waals surface area contributed by atoms with Gasteiger partial charge in [-0.1, -0.05) is 72.8 Å². The number of carboxylic acid groups (broad SMARTS) is 1. The summed E-state index contributed by atoms with van der Waals surface area (Å²) in [6, 6.07) is 26.3. The van der Waals surface area contributed by atoms with Gasteiger partial charge in [0.05, 0.1) is 12.6 Å². The predicted octanol–water partition coefficient (Wildman–Crippen LogP) is 2.45. The van der Waals surface area contributed by atoms with Crippen molar-refractivity contribution in [3.05, 3.63) is 102 Å². The Morgan fingerprint density at radius 2 is 1.34 bits per heavy atom. The molecule has 3 aromatic carbocycles. The van der Waals surface area contributed by atoms with Crippen LogP contribution in [0.15, 0.2) is 84.9 Å². The van der Waals surface area contributed by atoms with Gasteiger partial charge in [-0.05, 0) is 41.8 Å². The topological polar surface area (TPSA) is 140 Å². The molecule has 0 radical (unpaired) electrons. The van der Waals surface area contributed by atoms with Gasteiger partial charge in [0.2, 0.25) is 5.91 Å². The molecule has 0 bridgehead atoms. The molecule has 10 heteroatoms. The highest BCUT2D eigenvalue weighted by molar-refractivity contribution is 5.92. The van der Waals surface area contributed by atoms with Crippen molar-refractivity contribution in [3.8, 4) is 0 Å². The summed E-state index contributed by atoms with van der Waals surface area (Å²) in [4.78, 5) is 47.9. The largest absolute Gasteiger partial charge is 0.465 e. The normalized spacial score (nSPS) is 12.3. The first kappa shape index (κ1) is 31.2. The minimum atomic E-state index is -1.30. The lowest BCUT2D eigenvalue weighted by molar-refractivity contribution is -0.117. The van der Waals surface area contributed by atoms with E-state index in [4.69, 9.17) is 5.11 Å². The van der Waals surface area contributed by atoms with Crippen LogP contribution in [0.3, 0.4) is 0 Å². The van der Waals surface area contributed by atoms with Gasteiger partial charge in [0.25, 0.3) is 0 Å². The van der Waals surface area contributed by atoms with Gasteiger partial charge in [-0.2, -0.15) is 0 Å². The molecular weight excluding hydrogens is 522 g/mol. The standard InChI is InChI=1S/C31H37N5O5/c37-22-28(33-18-29(23-38)35-31(40)41)17-32-16-15-24-11-13-27(14-12-24)34-30(39)21-36(19-25-7-3-1-4-8-25)20-26-9-5-2-6-10-26/h1-14,22-23,28-29,32-33,35H,15-21H2,(H,34,39)(H,40,41)/t28-,29-/m1/s1. The first-order valence-corrected chi connectivity index (χ1v) is 13.5. The summed E-state index contributed by atoms with van der Waals surface area (Å²) in [6.45, 7) is 2.53. The molecule has 216 valence electrons. The van der Waals surface area contributed by atoms with Gasteiger partial charge >= 0.3 is 6.09 Å². The number of hydrogen-bond donors (Lipinski definition) is 5. The van der Waals surface area contributed by atoms with E-state index in [1.807, 2.05) is 60.7 Å². The minimum absolute atomic E-state index is 0.0182. The third-order valence-corrected chi connectivity index (χ3v) is 6.29. The van der Waals surface area contributed by atoms with Crippen molar-refractivity contribution in [3.63, 3.8) is 0 Å². The molecule has 3 aromatic rings. The summed E-state index contributed by atoms with van der Waals surface area (Å²) in [7, 11) is 0. The van der Waals surface area contributed by atoms with E-state index in [1.165, 1.54) is 0 Å². The minimum Gasteiger partial charge on any atom is -0.465 e. The van der Waals surface area contributed by atoms with Gasteiger partial charge in [0.1, 0.15) is 18.6 Å². The van der Waals surface area contributed by atoms with Crippen molar-refractivity contribution in [1.29, 1.82) is 0 Å². The molecule has 0 spiro atoms. The third kappa shape index (κ3) is 12.1. The Morgan fingerprint density at radius 3 is 1.88 bits per heavy atom. The van der Waals surface area contributed by atoms with Gasteiger partial charge in [-0.15, -0.1) is 0 Å². The molecule has 0 heterocycles. The van der Waals surface area contributed by atoms with E-state index in [9.17, 15) is 19.2 Å². The van der Waals surface area contributed by atoms with Crippen LogP contribution < -0.4 is 21.3 Å². The number of anilines is 1. The second kappa shape index (κ2) is 17.3. The van der Waals surface area contributed by atoms with E-state index in [0.717, 1.165) is 22.4 Å². The number of carbonyl (C=O) groups is 4. The fourth-order valence-electron chi connectivity index (χ4n) is 4.24. The molecule has 0 fully saturated rings. The number of aldehydes is 2. The number of nitrogens with zero attached hydrogens (tertiary/aromatic N) is 1. The zero-order chi connectivity index (χ0) is 29.3. The second-order valence-corrected chi connectivity index (χ2v) is 9.66. The molecule has 10 nitrogen and oxygen atoms in total. The van der Waals surface area contributed by atoms with E-state index in [2.05, 4.69) is 50.4 Å². The Bertz CT molecular complexity index is 1180. The fraction of sp³-hybridized carbons (Fsp3) is 0.290. The lowest BCUT2D eigenvalue weighted by Gasteiger charge is -2.22. The van der Waals surface area contributed by atoms with E-state index in [-0.39, 0.29) is 19.0 Å². The molecule has 0 aliphatic rings. The van der Waals surface area contributed by atoms with Crippen LogP contribution in [-0.2, 0) is 33.9 Å². The maximum absolute atomic E-state index is 12.9. The van der Waals surface area contributed by atoms with Crippen molar-refractivity contribution >= 4 is 30.3 Å². The van der Waals surface area contributed by atoms with E-state index < -0.39 is 18.2 Å². The van der Waals surface area contributed by atoms with Crippen molar-refractivity contribution in [1.82, 2.24) is 20.9 Å². The molecule has 3 rings (SSSR count). The molecule has 2 atom stereocenters. The van der Waals surface area contributed by atoms with Gasteiger partial charge in [0, 0.05) is 31.9 Å². The highest BCUT2D eigenvalue weighted by Gasteiger charge is 2.14. The molecule has 0 unspecified atom stereocenters. The number of rotatable bonds is 18. The lowest BCUT2D eigenvalue weighted by Crippen LogP contribution is -2.48. The van der Waals surface area contributed by atoms with Crippen molar-refractivity contribution in [2.45, 2.75) is 31.6 Å². The van der Waals surface area contributed by atoms with Gasteiger partial charge in [0.15, 0.2) is 0 Å². The molecule has 5 N–H and O–H groups in total. The van der Waals surface area contributed by atoms with Crippen LogP contribution in [0.5, 0.6) is 0 Å². The quantitative estimate of drug-likeness (QED) is 0.118. The second-order valence-electron chi connectivity index (χ2n) is 9.66. The molecule has 0 aromatic heterocycles. The molecule has 0 aliphatic carbocycles. The van der Waals surface area contributed by atoms with E-state index >= 15 is 0 Å². The summed E-state index contributed by atoms with van der Waals surface area (Å²) >= 11 is 0. The maximum atomic E-state index is 12.9. The van der Waals surface area contributed by atoms with Crippen molar-refractivity contribution in [2.75, 3.05) is 31.5 Å². The van der Waals surface area contributed by atoms with E-state index in [1.54, 1.807) is 0 Å². The summed E-state index contributed by atoms with van der Waals surface area (Å²) in [6.07, 6.45) is 0.602. The van der Waals surface area contributed by atoms with Crippen LogP contribution in [-0.4, -0.2) is 72.8 Å². The molecule has 0 saturated heterocycles. The van der Waals surface area contributed by atoms with Gasteiger partial charge in [-0.3, -0.25) is 9.69 Å². The summed E-state index contributed by atoms with van der Waals surface area (Å²) in [5, 5.41) is 19.8. The highest BCUT2D eigenvalue weighted by atomic mass is 16.4. The molecule has 41 heavy (non-hydrogen) atoms. The number of hydrogen-bond acceptors (Lipinski definition) is 7. The van der Waals surface area contributed by atoms with Gasteiger partial charge < -0.3 is 36.0 Å². The highest BCUT2D eigenvalue weighted by Crippen LogP contribution is 2.13. The maximum Gasteiger partial charge on any atom is 0.405 e. The van der Waals surface area contributed by atoms with Crippen LogP contribution in [0.4, 0.5) is 10.5 Å². The Morgan fingerprint density at radius 1 is 0.756 bits per heavy atom. The zero-order valence-corrected chi connectivity index (χ0v) is 22.9. The van der Waals surface area contributed by atoms with Crippen LogP contribution in [0.2, 0.25) is 0 Å². The number of amides is 2. The number of benzene rings is 3. The number of nitrogens with one attached hydrogen (secondary N) is 4. The summed E-state index contributed by atoms with van der Waals surface area (Å²) in [5.41, 5.74) is 4.07. The zero-order valence-electron chi connectivity index (χ0n) is 22.9. The molecule has 0 aliphatic heterocycles. The van der Waals surface area contributed by atoms with Crippen LogP contribution in [0.25, 0.3) is 0 Å². The Balaban J connectivity index is 1.43. The molecule has 2 amide bonds. The summed E-state index contributed by atoms with van der Waals surface area (Å²) in [5.74, 6) is -0.0888. The number of carbonyl (C=O) groups excluding carboxylic acids is 3. The Hall–Kier alpha value is -4.38. The van der Waals surface area contributed by atoms with E-state index in [0.29, 0.717) is 45.2 Å². The Kier molecular flexibility index (Phi) is 13.2. The lowest BCUT2D eigenvalue weighted by atomic mass is 10.1. The SMILES string of the molecule is O=C[C@@H](CNCCc1ccc(NC(=O)CN(Cc2ccccc2)Cc2ccccc2)cc1)NC[C@H](C=O)NC(=O)O. The molecule has 0 saturated carbocycles. The third-order valence-electron chi connectivity index (χ3n) is 6.29. The van der Waals surface area contributed by atoms with Crippen LogP contribution >= 0.6 is 0 Å². The molecular formula is C31H37N5O5. The van der Waals surface area contributed by atoms with Crippen LogP contribution in [0, 0.1) is 0 Å². The summed E-state index contributed by atoms with van der Waals surface area (Å²) < 4.78 is 0. The first-order chi connectivity index (χ1) is 19.9.